The Morgan fingerprint density at radius 3 is 2.32 bits per heavy atom. The largest absolute Gasteiger partial charge is 0.494 e. The molecule has 20 nitrogen and oxygen atoms in total. The van der Waals surface area contributed by atoms with Crippen molar-refractivity contribution >= 4 is 93.2 Å². The number of piperazine rings is 1. The molecule has 3 N–H and O–H groups in total. The van der Waals surface area contributed by atoms with E-state index in [1.165, 1.54) is 6.20 Å². The number of aromatic nitrogens is 6. The number of piperidine rings is 3. The normalized spacial score (nSPS) is 21.1. The summed E-state index contributed by atoms with van der Waals surface area (Å²) in [4.78, 5) is 79.2. The quantitative estimate of drug-likeness (QED) is 0.0884. The predicted octanol–water partition coefficient (Wildman–Crippen LogP) is 6.07. The SMILES string of the molecule is COc1cc(N2CCC(N3CCN(CC4CCN(c5ccc6c(c5)C(=O)N(C5CCC(=O)NC5=O)C6=O)CC4)CC3)C(F)C2)c(-c2cnn(C)c2)cc1Nc1ncc(Cl)c(Nc2ccc3nccnc3c2P(C)(C)=O)n1. The molecule has 5 aliphatic heterocycles. The molecule has 396 valence electrons. The van der Waals surface area contributed by atoms with Crippen LogP contribution in [0.1, 0.15) is 52.8 Å². The van der Waals surface area contributed by atoms with Gasteiger partial charge in [0, 0.05) is 119 Å². The van der Waals surface area contributed by atoms with Crippen molar-refractivity contribution in [3.63, 3.8) is 0 Å². The Hall–Kier alpha value is -7.06. The molecule has 0 saturated carbocycles. The number of benzene rings is 3. The summed E-state index contributed by atoms with van der Waals surface area (Å²) in [5.41, 5.74) is 6.19. The van der Waals surface area contributed by atoms with Crippen molar-refractivity contribution in [3.8, 4) is 16.9 Å². The fraction of sp³-hybridized carbons (Fsp3) is 0.415. The lowest BCUT2D eigenvalue weighted by Gasteiger charge is -2.45. The van der Waals surface area contributed by atoms with E-state index in [-0.39, 0.29) is 47.8 Å². The zero-order chi connectivity index (χ0) is 53.0. The van der Waals surface area contributed by atoms with E-state index in [1.54, 1.807) is 68.0 Å². The molecule has 6 aromatic rings. The maximum Gasteiger partial charge on any atom is 0.262 e. The first-order chi connectivity index (χ1) is 36.6. The van der Waals surface area contributed by atoms with Crippen molar-refractivity contribution in [2.75, 3.05) is 99.8 Å². The minimum Gasteiger partial charge on any atom is -0.494 e. The number of alkyl halides is 1. The highest BCUT2D eigenvalue weighted by molar-refractivity contribution is 7.71. The van der Waals surface area contributed by atoms with Crippen LogP contribution in [0.2, 0.25) is 5.02 Å². The monoisotopic (exact) mass is 1070 g/mol. The molecule has 8 heterocycles. The number of amides is 4. The molecule has 3 aromatic carbocycles. The minimum atomic E-state index is -2.87. The van der Waals surface area contributed by atoms with Gasteiger partial charge in [0.15, 0.2) is 5.82 Å². The molecule has 4 saturated heterocycles. The number of hydrogen-bond acceptors (Lipinski definition) is 17. The molecule has 0 radical (unpaired) electrons. The number of fused-ring (bicyclic) bond motifs is 2. The molecule has 0 aliphatic carbocycles. The Morgan fingerprint density at radius 1 is 0.829 bits per heavy atom. The first-order valence-corrected chi connectivity index (χ1v) is 28.6. The molecule has 3 unspecified atom stereocenters. The Kier molecular flexibility index (Phi) is 14.0. The number of hydrogen-bond donors (Lipinski definition) is 3. The number of aryl methyl sites for hydroxylation is 1. The van der Waals surface area contributed by atoms with Gasteiger partial charge in [-0.05, 0) is 81.3 Å². The zero-order valence-electron chi connectivity index (χ0n) is 42.7. The van der Waals surface area contributed by atoms with E-state index < -0.39 is 43.0 Å². The van der Waals surface area contributed by atoms with Crippen molar-refractivity contribution < 1.29 is 32.9 Å². The van der Waals surface area contributed by atoms with E-state index in [9.17, 15) is 23.7 Å². The summed E-state index contributed by atoms with van der Waals surface area (Å²) in [6.45, 7) is 10.1. The zero-order valence-corrected chi connectivity index (χ0v) is 44.4. The summed E-state index contributed by atoms with van der Waals surface area (Å²) in [7, 11) is 0.571. The fourth-order valence-corrected chi connectivity index (χ4v) is 13.0. The van der Waals surface area contributed by atoms with E-state index >= 15 is 4.39 Å². The second kappa shape index (κ2) is 20.8. The lowest BCUT2D eigenvalue weighted by molar-refractivity contribution is -0.136. The summed E-state index contributed by atoms with van der Waals surface area (Å²) in [5.74, 6) is -0.529. The molecule has 5 aliphatic rings. The van der Waals surface area contributed by atoms with Gasteiger partial charge in [0.2, 0.25) is 17.8 Å². The van der Waals surface area contributed by atoms with Crippen LogP contribution in [0.25, 0.3) is 22.2 Å². The highest BCUT2D eigenvalue weighted by Gasteiger charge is 2.45. The number of nitrogens with one attached hydrogen (secondary N) is 3. The van der Waals surface area contributed by atoms with Gasteiger partial charge in [0.05, 0.1) is 59.4 Å². The molecule has 4 amide bonds. The summed E-state index contributed by atoms with van der Waals surface area (Å²) >= 11 is 6.67. The number of methoxy groups -OCH3 is 1. The van der Waals surface area contributed by atoms with Crippen LogP contribution in [0, 0.1) is 5.92 Å². The highest BCUT2D eigenvalue weighted by atomic mass is 35.5. The van der Waals surface area contributed by atoms with Crippen LogP contribution in [-0.4, -0.2) is 166 Å². The van der Waals surface area contributed by atoms with Gasteiger partial charge in [0.25, 0.3) is 11.8 Å². The third kappa shape index (κ3) is 10.1. The van der Waals surface area contributed by atoms with Crippen LogP contribution < -0.4 is 35.8 Å². The van der Waals surface area contributed by atoms with E-state index in [1.807, 2.05) is 31.4 Å². The second-order valence-corrected chi connectivity index (χ2v) is 24.2. The van der Waals surface area contributed by atoms with Gasteiger partial charge >= 0.3 is 0 Å². The lowest BCUT2D eigenvalue weighted by Crippen LogP contribution is -2.58. The summed E-state index contributed by atoms with van der Waals surface area (Å²) < 4.78 is 38.0. The first-order valence-electron chi connectivity index (χ1n) is 25.6. The van der Waals surface area contributed by atoms with Crippen LogP contribution in [0.5, 0.6) is 5.75 Å². The second-order valence-electron chi connectivity index (χ2n) is 20.6. The molecule has 0 bridgehead atoms. The van der Waals surface area contributed by atoms with Crippen LogP contribution in [-0.2, 0) is 21.2 Å². The smallest absolute Gasteiger partial charge is 0.262 e. The predicted molar refractivity (Wildman–Crippen MR) is 289 cm³/mol. The molecule has 0 spiro atoms. The fourth-order valence-electron chi connectivity index (χ4n) is 11.5. The Balaban J connectivity index is 0.711. The maximum atomic E-state index is 16.7. The molecule has 76 heavy (non-hydrogen) atoms. The topological polar surface area (TPSA) is 216 Å². The van der Waals surface area contributed by atoms with E-state index in [0.717, 1.165) is 86.1 Å². The third-order valence-electron chi connectivity index (χ3n) is 15.4. The van der Waals surface area contributed by atoms with Gasteiger partial charge in [-0.3, -0.25) is 48.9 Å². The number of halogens is 2. The molecule has 3 atom stereocenters. The highest BCUT2D eigenvalue weighted by Crippen LogP contribution is 2.44. The molecular formula is C53H59ClFN14O6P. The number of carbonyl (C=O) groups excluding carboxylic acids is 4. The van der Waals surface area contributed by atoms with Gasteiger partial charge in [0.1, 0.15) is 35.6 Å². The number of anilines is 6. The lowest BCUT2D eigenvalue weighted by atomic mass is 9.94. The average molecular weight is 1070 g/mol. The van der Waals surface area contributed by atoms with Crippen molar-refractivity contribution in [1.29, 1.82) is 0 Å². The van der Waals surface area contributed by atoms with Crippen molar-refractivity contribution in [2.24, 2.45) is 13.0 Å². The number of rotatable bonds is 13. The van der Waals surface area contributed by atoms with Crippen LogP contribution in [0.3, 0.4) is 0 Å². The number of imide groups is 2. The third-order valence-corrected chi connectivity index (χ3v) is 17.2. The Labute approximate surface area is 443 Å². The van der Waals surface area contributed by atoms with Crippen molar-refractivity contribution in [2.45, 2.75) is 50.4 Å². The molecular weight excluding hydrogens is 1010 g/mol. The first kappa shape index (κ1) is 51.1. The molecule has 3 aromatic heterocycles. The minimum absolute atomic E-state index is 0.0756. The van der Waals surface area contributed by atoms with Crippen molar-refractivity contribution in [3.05, 3.63) is 89.6 Å². The van der Waals surface area contributed by atoms with Crippen LogP contribution in [0.4, 0.5) is 38.9 Å². The van der Waals surface area contributed by atoms with Crippen LogP contribution >= 0.6 is 18.7 Å². The van der Waals surface area contributed by atoms with Gasteiger partial charge in [-0.1, -0.05) is 11.6 Å². The number of ether oxygens (including phenoxy) is 1. The van der Waals surface area contributed by atoms with E-state index in [4.69, 9.17) is 21.3 Å². The molecule has 23 heteroatoms. The van der Waals surface area contributed by atoms with Gasteiger partial charge in [-0.15, -0.1) is 0 Å². The Bertz CT molecular complexity index is 3320. The van der Waals surface area contributed by atoms with Crippen molar-refractivity contribution in [1.82, 2.24) is 49.7 Å². The maximum absolute atomic E-state index is 16.7. The van der Waals surface area contributed by atoms with E-state index in [0.29, 0.717) is 57.9 Å². The number of nitrogens with zero attached hydrogens (tertiary/aromatic N) is 11. The Morgan fingerprint density at radius 2 is 1.59 bits per heavy atom. The van der Waals surface area contributed by atoms with Crippen LogP contribution in [0.15, 0.2) is 73.4 Å². The average Bonchev–Trinajstić information content (AvgIpc) is 4.00. The van der Waals surface area contributed by atoms with Gasteiger partial charge < -0.3 is 34.6 Å². The molecule has 4 fully saturated rings. The molecule has 11 rings (SSSR count). The van der Waals surface area contributed by atoms with E-state index in [2.05, 4.69) is 55.6 Å². The summed E-state index contributed by atoms with van der Waals surface area (Å²) in [6, 6.07) is 11.6. The summed E-state index contributed by atoms with van der Waals surface area (Å²) in [5, 5.41) is 14.1. The summed E-state index contributed by atoms with van der Waals surface area (Å²) in [6.07, 6.45) is 10.0. The number of carbonyl (C=O) groups is 4. The van der Waals surface area contributed by atoms with Gasteiger partial charge in [-0.2, -0.15) is 10.1 Å². The standard InChI is InChI=1S/C53H59ClFN14O6P/c1-64-29-32(26-59-64)35-24-41(61-53-58-27-37(54)49(63-53)60-40-8-7-39-47(57-15-14-56-39)48(40)76(3,4)74)45(75-2)25-44(35)68-18-13-42(38(55)30-68)67-21-19-65(20-22-67)28-31-11-16-66(17-12-31)33-5-6-34-36(23-33)52(73)69(51(34)72)43-9-10-46(70)62-50(43)71/h5-8,14-15,23-27,29,31,38,42-43H,9-13,16-22,28,30H2,1-4H3,(H,62,70,71)(H2,58,60,61,63). The van der Waals surface area contributed by atoms with Gasteiger partial charge in [-0.25, -0.2) is 9.37 Å².